The Morgan fingerprint density at radius 2 is 1.88 bits per heavy atom. The highest BCUT2D eigenvalue weighted by Crippen LogP contribution is 2.38. The molecule has 5 nitrogen and oxygen atoms in total. The van der Waals surface area contributed by atoms with Gasteiger partial charge in [0, 0.05) is 29.9 Å². The first kappa shape index (κ1) is 23.5. The van der Waals surface area contributed by atoms with Crippen LogP contribution in [0.15, 0.2) is 36.4 Å². The molecule has 0 spiro atoms. The van der Waals surface area contributed by atoms with Crippen molar-refractivity contribution in [3.63, 3.8) is 0 Å². The van der Waals surface area contributed by atoms with Crippen molar-refractivity contribution in [3.8, 4) is 11.5 Å². The monoisotopic (exact) mass is 482 g/mol. The van der Waals surface area contributed by atoms with Gasteiger partial charge >= 0.3 is 0 Å². The van der Waals surface area contributed by atoms with Crippen LogP contribution in [-0.4, -0.2) is 49.2 Å². The van der Waals surface area contributed by atoms with E-state index in [1.54, 1.807) is 0 Å². The number of anilines is 1. The fourth-order valence-electron chi connectivity index (χ4n) is 5.55. The summed E-state index contributed by atoms with van der Waals surface area (Å²) in [4.78, 5) is 17.6. The Labute approximate surface area is 208 Å². The SMILES string of the molecule is CCC(C)COc1ccc2c(c1)CCN(c1ccc(O[C@H]3C[C@H]4CC[C@@H](C3)N4C)c(Cl)c1)C2=O. The number of rotatable bonds is 7. The lowest BCUT2D eigenvalue weighted by atomic mass is 9.98. The Bertz CT molecular complexity index is 1040. The van der Waals surface area contributed by atoms with Crippen molar-refractivity contribution in [2.45, 2.75) is 70.6 Å². The van der Waals surface area contributed by atoms with Crippen molar-refractivity contribution >= 4 is 23.2 Å². The Morgan fingerprint density at radius 1 is 1.12 bits per heavy atom. The van der Waals surface area contributed by atoms with Gasteiger partial charge < -0.3 is 19.3 Å². The Hall–Kier alpha value is -2.24. The normalized spacial score (nSPS) is 25.2. The maximum absolute atomic E-state index is 13.3. The van der Waals surface area contributed by atoms with Crippen LogP contribution < -0.4 is 14.4 Å². The molecule has 2 fully saturated rings. The molecule has 5 rings (SSSR count). The van der Waals surface area contributed by atoms with Gasteiger partial charge in [-0.3, -0.25) is 4.79 Å². The summed E-state index contributed by atoms with van der Waals surface area (Å²) in [7, 11) is 2.23. The van der Waals surface area contributed by atoms with Crippen molar-refractivity contribution in [1.29, 1.82) is 0 Å². The fraction of sp³-hybridized carbons (Fsp3) is 0.536. The van der Waals surface area contributed by atoms with Crippen molar-refractivity contribution < 1.29 is 14.3 Å². The molecule has 2 saturated heterocycles. The number of nitrogens with zero attached hydrogens (tertiary/aromatic N) is 2. The van der Waals surface area contributed by atoms with Crippen molar-refractivity contribution in [2.75, 3.05) is 25.1 Å². The van der Waals surface area contributed by atoms with E-state index in [0.29, 0.717) is 41.9 Å². The van der Waals surface area contributed by atoms with Crippen molar-refractivity contribution in [1.82, 2.24) is 4.90 Å². The molecule has 34 heavy (non-hydrogen) atoms. The van der Waals surface area contributed by atoms with Gasteiger partial charge in [-0.15, -0.1) is 0 Å². The minimum atomic E-state index is 0.00588. The minimum absolute atomic E-state index is 0.00588. The number of ether oxygens (including phenoxy) is 2. The summed E-state index contributed by atoms with van der Waals surface area (Å²) in [6, 6.07) is 12.8. The predicted molar refractivity (Wildman–Crippen MR) is 136 cm³/mol. The molecule has 0 aromatic heterocycles. The summed E-state index contributed by atoms with van der Waals surface area (Å²) in [5.41, 5.74) is 2.60. The zero-order valence-corrected chi connectivity index (χ0v) is 21.2. The third-order valence-electron chi connectivity index (χ3n) is 7.96. The zero-order chi connectivity index (χ0) is 23.8. The number of benzene rings is 2. The quantitative estimate of drug-likeness (QED) is 0.487. The number of hydrogen-bond donors (Lipinski definition) is 0. The predicted octanol–water partition coefficient (Wildman–Crippen LogP) is 5.97. The average Bonchev–Trinajstić information content (AvgIpc) is 3.04. The van der Waals surface area contributed by atoms with E-state index in [9.17, 15) is 4.79 Å². The molecule has 1 amide bonds. The standard InChI is InChI=1S/C28H35ClN2O3/c1-4-18(2)17-33-23-8-9-25-19(13-23)11-12-31(28(25)32)22-7-10-27(26(29)16-22)34-24-14-20-5-6-21(15-24)30(20)3/h7-10,13,16,18,20-21,24H,4-6,11-12,14-15,17H2,1-3H3/t18?,20-,21+,24+. The molecule has 4 atom stereocenters. The van der Waals surface area contributed by atoms with Crippen LogP contribution in [0.3, 0.4) is 0 Å². The summed E-state index contributed by atoms with van der Waals surface area (Å²) in [5.74, 6) is 2.07. The van der Waals surface area contributed by atoms with Crippen LogP contribution >= 0.6 is 11.6 Å². The lowest BCUT2D eigenvalue weighted by molar-refractivity contribution is 0.0662. The van der Waals surface area contributed by atoms with E-state index in [2.05, 4.69) is 25.8 Å². The fourth-order valence-corrected chi connectivity index (χ4v) is 5.77. The number of fused-ring (bicyclic) bond motifs is 3. The molecular weight excluding hydrogens is 448 g/mol. The lowest BCUT2D eigenvalue weighted by Gasteiger charge is -2.36. The van der Waals surface area contributed by atoms with Gasteiger partial charge in [0.15, 0.2) is 0 Å². The van der Waals surface area contributed by atoms with Crippen molar-refractivity contribution in [2.24, 2.45) is 5.92 Å². The number of carbonyl (C=O) groups is 1. The maximum atomic E-state index is 13.3. The molecule has 6 heteroatoms. The Balaban J connectivity index is 1.26. The topological polar surface area (TPSA) is 42.0 Å². The molecule has 2 bridgehead atoms. The Kier molecular flexibility index (Phi) is 6.76. The third-order valence-corrected chi connectivity index (χ3v) is 8.26. The minimum Gasteiger partial charge on any atom is -0.493 e. The second-order valence-corrected chi connectivity index (χ2v) is 10.6. The highest BCUT2D eigenvalue weighted by Gasteiger charge is 2.39. The summed E-state index contributed by atoms with van der Waals surface area (Å²) in [6.07, 6.45) is 6.71. The largest absolute Gasteiger partial charge is 0.493 e. The molecule has 0 N–H and O–H groups in total. The van der Waals surface area contributed by atoms with Crippen molar-refractivity contribution in [3.05, 3.63) is 52.5 Å². The van der Waals surface area contributed by atoms with E-state index in [-0.39, 0.29) is 12.0 Å². The highest BCUT2D eigenvalue weighted by atomic mass is 35.5. The summed E-state index contributed by atoms with van der Waals surface area (Å²) in [5, 5.41) is 0.566. The van der Waals surface area contributed by atoms with E-state index in [4.69, 9.17) is 21.1 Å². The average molecular weight is 483 g/mol. The van der Waals surface area contributed by atoms with Crippen LogP contribution in [0.2, 0.25) is 5.02 Å². The van der Waals surface area contributed by atoms with Gasteiger partial charge in [0.1, 0.15) is 17.6 Å². The van der Waals surface area contributed by atoms with Crippen LogP contribution in [-0.2, 0) is 6.42 Å². The van der Waals surface area contributed by atoms with Crippen LogP contribution in [0.1, 0.15) is 61.9 Å². The second-order valence-electron chi connectivity index (χ2n) is 10.2. The zero-order valence-electron chi connectivity index (χ0n) is 20.4. The molecule has 2 aromatic carbocycles. The van der Waals surface area contributed by atoms with E-state index in [0.717, 1.165) is 48.2 Å². The number of amides is 1. The van der Waals surface area contributed by atoms with Gasteiger partial charge in [-0.1, -0.05) is 31.9 Å². The first-order chi connectivity index (χ1) is 16.4. The van der Waals surface area contributed by atoms with Gasteiger partial charge in [0.05, 0.1) is 11.6 Å². The third kappa shape index (κ3) is 4.65. The first-order valence-electron chi connectivity index (χ1n) is 12.7. The number of halogens is 1. The summed E-state index contributed by atoms with van der Waals surface area (Å²) < 4.78 is 12.3. The molecule has 0 radical (unpaired) electrons. The molecular formula is C28H35ClN2O3. The molecule has 0 saturated carbocycles. The van der Waals surface area contributed by atoms with Gasteiger partial charge in [0.25, 0.3) is 5.91 Å². The van der Waals surface area contributed by atoms with Gasteiger partial charge in [-0.2, -0.15) is 0 Å². The second kappa shape index (κ2) is 9.79. The maximum Gasteiger partial charge on any atom is 0.258 e. The molecule has 3 aliphatic heterocycles. The molecule has 3 heterocycles. The van der Waals surface area contributed by atoms with E-state index < -0.39 is 0 Å². The number of hydrogen-bond acceptors (Lipinski definition) is 4. The van der Waals surface area contributed by atoms with E-state index in [1.807, 2.05) is 41.3 Å². The van der Waals surface area contributed by atoms with Gasteiger partial charge in [0.2, 0.25) is 0 Å². The Morgan fingerprint density at radius 3 is 2.59 bits per heavy atom. The smallest absolute Gasteiger partial charge is 0.258 e. The molecule has 3 aliphatic rings. The van der Waals surface area contributed by atoms with Crippen LogP contribution in [0.5, 0.6) is 11.5 Å². The van der Waals surface area contributed by atoms with E-state index in [1.165, 1.54) is 12.8 Å². The van der Waals surface area contributed by atoms with Crippen LogP contribution in [0.4, 0.5) is 5.69 Å². The molecule has 0 aliphatic carbocycles. The number of carbonyl (C=O) groups excluding carboxylic acids is 1. The summed E-state index contributed by atoms with van der Waals surface area (Å²) >= 11 is 6.64. The van der Waals surface area contributed by atoms with Gasteiger partial charge in [-0.05, 0) is 87.0 Å². The van der Waals surface area contributed by atoms with Crippen LogP contribution in [0.25, 0.3) is 0 Å². The molecule has 2 aromatic rings. The lowest BCUT2D eigenvalue weighted by Crippen LogP contribution is -2.43. The van der Waals surface area contributed by atoms with Gasteiger partial charge in [-0.25, -0.2) is 0 Å². The molecule has 1 unspecified atom stereocenters. The highest BCUT2D eigenvalue weighted by molar-refractivity contribution is 6.32. The van der Waals surface area contributed by atoms with Crippen LogP contribution in [0, 0.1) is 5.92 Å². The molecule has 182 valence electrons. The summed E-state index contributed by atoms with van der Waals surface area (Å²) in [6.45, 7) is 5.66. The number of piperidine rings is 1. The van der Waals surface area contributed by atoms with E-state index >= 15 is 0 Å². The first-order valence-corrected chi connectivity index (χ1v) is 13.1.